The van der Waals surface area contributed by atoms with E-state index in [4.69, 9.17) is 5.21 Å². The van der Waals surface area contributed by atoms with Gasteiger partial charge in [0.05, 0.1) is 17.7 Å². The summed E-state index contributed by atoms with van der Waals surface area (Å²) in [7, 11) is 1.90. The lowest BCUT2D eigenvalue weighted by Gasteiger charge is -2.07. The summed E-state index contributed by atoms with van der Waals surface area (Å²) in [4.78, 5) is 15.5. The lowest BCUT2D eigenvalue weighted by Crippen LogP contribution is -2.14. The van der Waals surface area contributed by atoms with Crippen molar-refractivity contribution >= 4 is 12.0 Å². The van der Waals surface area contributed by atoms with E-state index in [1.54, 1.807) is 30.0 Å². The summed E-state index contributed by atoms with van der Waals surface area (Å²) in [5.41, 5.74) is 5.82. The summed E-state index contributed by atoms with van der Waals surface area (Å²) >= 11 is 0. The van der Waals surface area contributed by atoms with Crippen LogP contribution in [0.3, 0.4) is 0 Å². The molecule has 0 saturated carbocycles. The number of rotatable bonds is 4. The van der Waals surface area contributed by atoms with E-state index in [9.17, 15) is 9.18 Å². The molecule has 0 unspecified atom stereocenters. The predicted molar refractivity (Wildman–Crippen MR) is 93.0 cm³/mol. The van der Waals surface area contributed by atoms with E-state index in [1.807, 2.05) is 35.9 Å². The molecule has 0 aliphatic carbocycles. The van der Waals surface area contributed by atoms with E-state index in [-0.39, 0.29) is 5.82 Å². The van der Waals surface area contributed by atoms with E-state index in [1.165, 1.54) is 18.2 Å². The molecule has 0 radical (unpaired) electrons. The van der Waals surface area contributed by atoms with Crippen LogP contribution in [0.1, 0.15) is 5.56 Å². The Hall–Kier alpha value is -3.25. The fourth-order valence-electron chi connectivity index (χ4n) is 2.55. The molecule has 3 rings (SSSR count). The van der Waals surface area contributed by atoms with Crippen LogP contribution in [0.4, 0.5) is 4.39 Å². The quantitative estimate of drug-likeness (QED) is 0.435. The van der Waals surface area contributed by atoms with Crippen LogP contribution in [-0.2, 0) is 11.8 Å². The SMILES string of the molecule is Cn1cnc(-c2ccc(F)cc2)c1-c1ccc(C=CC(=O)NO)cc1. The smallest absolute Gasteiger partial charge is 0.267 e. The third kappa shape index (κ3) is 3.64. The first-order valence-electron chi connectivity index (χ1n) is 7.58. The molecule has 0 aliphatic rings. The van der Waals surface area contributed by atoms with Gasteiger partial charge in [-0.2, -0.15) is 0 Å². The van der Waals surface area contributed by atoms with Crippen LogP contribution in [0.5, 0.6) is 0 Å². The molecule has 0 saturated heterocycles. The molecule has 1 heterocycles. The van der Waals surface area contributed by atoms with Crippen molar-refractivity contribution in [1.82, 2.24) is 15.0 Å². The summed E-state index contributed by atoms with van der Waals surface area (Å²) in [6.07, 6.45) is 4.55. The minimum Gasteiger partial charge on any atom is -0.333 e. The first-order chi connectivity index (χ1) is 12.1. The van der Waals surface area contributed by atoms with Gasteiger partial charge in [-0.3, -0.25) is 10.0 Å². The van der Waals surface area contributed by atoms with Crippen LogP contribution in [0.2, 0.25) is 0 Å². The van der Waals surface area contributed by atoms with Crippen molar-refractivity contribution in [3.8, 4) is 22.5 Å². The standard InChI is InChI=1S/C19H16FN3O2/c1-23-12-21-18(14-7-9-16(20)10-8-14)19(23)15-5-2-13(3-6-15)4-11-17(24)22-25/h2-12,25H,1H3,(H,22,24). The molecule has 25 heavy (non-hydrogen) atoms. The monoisotopic (exact) mass is 337 g/mol. The van der Waals surface area contributed by atoms with E-state index in [0.717, 1.165) is 28.1 Å². The van der Waals surface area contributed by atoms with E-state index >= 15 is 0 Å². The molecule has 3 aromatic rings. The molecule has 0 fully saturated rings. The number of hydroxylamine groups is 1. The largest absolute Gasteiger partial charge is 0.333 e. The fraction of sp³-hybridized carbons (Fsp3) is 0.0526. The van der Waals surface area contributed by atoms with E-state index < -0.39 is 5.91 Å². The maximum atomic E-state index is 13.2. The normalized spacial score (nSPS) is 11.0. The zero-order valence-corrected chi connectivity index (χ0v) is 13.5. The molecule has 1 amide bonds. The van der Waals surface area contributed by atoms with Crippen molar-refractivity contribution in [1.29, 1.82) is 0 Å². The van der Waals surface area contributed by atoms with Crippen molar-refractivity contribution in [3.05, 3.63) is 72.3 Å². The van der Waals surface area contributed by atoms with Gasteiger partial charge in [0.1, 0.15) is 5.82 Å². The molecule has 0 aliphatic heterocycles. The molecular weight excluding hydrogens is 321 g/mol. The molecule has 2 N–H and O–H groups in total. The lowest BCUT2D eigenvalue weighted by atomic mass is 10.0. The fourth-order valence-corrected chi connectivity index (χ4v) is 2.55. The second-order valence-corrected chi connectivity index (χ2v) is 5.49. The molecule has 0 bridgehead atoms. The number of halogens is 1. The average Bonchev–Trinajstić information content (AvgIpc) is 3.02. The van der Waals surface area contributed by atoms with Gasteiger partial charge in [-0.25, -0.2) is 14.9 Å². The molecular formula is C19H16FN3O2. The summed E-state index contributed by atoms with van der Waals surface area (Å²) in [6.45, 7) is 0. The van der Waals surface area contributed by atoms with Gasteiger partial charge in [0.25, 0.3) is 5.91 Å². The van der Waals surface area contributed by atoms with Crippen molar-refractivity contribution in [2.45, 2.75) is 0 Å². The minimum absolute atomic E-state index is 0.288. The number of carbonyl (C=O) groups is 1. The number of nitrogens with zero attached hydrogens (tertiary/aromatic N) is 2. The van der Waals surface area contributed by atoms with Gasteiger partial charge < -0.3 is 4.57 Å². The van der Waals surface area contributed by atoms with Crippen LogP contribution in [0.15, 0.2) is 60.9 Å². The lowest BCUT2D eigenvalue weighted by molar-refractivity contribution is -0.124. The Labute approximate surface area is 144 Å². The summed E-state index contributed by atoms with van der Waals surface area (Å²) in [5.74, 6) is -0.876. The Morgan fingerprint density at radius 3 is 2.40 bits per heavy atom. The van der Waals surface area contributed by atoms with E-state index in [0.29, 0.717) is 0 Å². The Balaban J connectivity index is 1.94. The summed E-state index contributed by atoms with van der Waals surface area (Å²) in [5, 5.41) is 8.48. The highest BCUT2D eigenvalue weighted by Crippen LogP contribution is 2.31. The highest BCUT2D eigenvalue weighted by Gasteiger charge is 2.13. The highest BCUT2D eigenvalue weighted by atomic mass is 19.1. The highest BCUT2D eigenvalue weighted by molar-refractivity contribution is 5.91. The Kier molecular flexibility index (Phi) is 4.72. The van der Waals surface area contributed by atoms with Gasteiger partial charge in [0.15, 0.2) is 0 Å². The van der Waals surface area contributed by atoms with Crippen LogP contribution in [-0.4, -0.2) is 20.7 Å². The Morgan fingerprint density at radius 2 is 1.76 bits per heavy atom. The number of benzene rings is 2. The van der Waals surface area contributed by atoms with Gasteiger partial charge in [-0.1, -0.05) is 24.3 Å². The topological polar surface area (TPSA) is 67.2 Å². The number of aryl methyl sites for hydroxylation is 1. The van der Waals surface area contributed by atoms with Gasteiger partial charge in [0.2, 0.25) is 0 Å². The van der Waals surface area contributed by atoms with Crippen LogP contribution in [0.25, 0.3) is 28.6 Å². The zero-order chi connectivity index (χ0) is 17.8. The molecule has 5 nitrogen and oxygen atoms in total. The van der Waals surface area contributed by atoms with Crippen molar-refractivity contribution in [2.24, 2.45) is 7.05 Å². The predicted octanol–water partition coefficient (Wildman–Crippen LogP) is 3.41. The number of aromatic nitrogens is 2. The maximum Gasteiger partial charge on any atom is 0.267 e. The van der Waals surface area contributed by atoms with Crippen LogP contribution in [0, 0.1) is 5.82 Å². The van der Waals surface area contributed by atoms with Gasteiger partial charge in [-0.15, -0.1) is 0 Å². The van der Waals surface area contributed by atoms with Crippen molar-refractivity contribution in [2.75, 3.05) is 0 Å². The van der Waals surface area contributed by atoms with Crippen molar-refractivity contribution in [3.63, 3.8) is 0 Å². The van der Waals surface area contributed by atoms with E-state index in [2.05, 4.69) is 4.98 Å². The van der Waals surface area contributed by atoms with Gasteiger partial charge in [0, 0.05) is 24.3 Å². The first kappa shape index (κ1) is 16.6. The van der Waals surface area contributed by atoms with Crippen molar-refractivity contribution < 1.29 is 14.4 Å². The van der Waals surface area contributed by atoms with Crippen LogP contribution >= 0.6 is 0 Å². The number of hydrogen-bond donors (Lipinski definition) is 2. The zero-order valence-electron chi connectivity index (χ0n) is 13.5. The molecule has 2 aromatic carbocycles. The number of nitrogens with one attached hydrogen (secondary N) is 1. The average molecular weight is 337 g/mol. The second kappa shape index (κ2) is 7.11. The molecule has 0 atom stereocenters. The molecule has 126 valence electrons. The third-order valence-electron chi connectivity index (χ3n) is 3.78. The number of carbonyl (C=O) groups excluding carboxylic acids is 1. The number of amides is 1. The first-order valence-corrected chi connectivity index (χ1v) is 7.58. The molecule has 6 heteroatoms. The third-order valence-corrected chi connectivity index (χ3v) is 3.78. The molecule has 0 spiro atoms. The molecule has 1 aromatic heterocycles. The summed E-state index contributed by atoms with van der Waals surface area (Å²) in [6, 6.07) is 13.8. The second-order valence-electron chi connectivity index (χ2n) is 5.49. The van der Waals surface area contributed by atoms with Crippen LogP contribution < -0.4 is 5.48 Å². The Morgan fingerprint density at radius 1 is 1.12 bits per heavy atom. The minimum atomic E-state index is -0.589. The number of hydrogen-bond acceptors (Lipinski definition) is 3. The van der Waals surface area contributed by atoms with Gasteiger partial charge >= 0.3 is 0 Å². The van der Waals surface area contributed by atoms with Gasteiger partial charge in [-0.05, 0) is 35.9 Å². The Bertz CT molecular complexity index is 913. The summed E-state index contributed by atoms with van der Waals surface area (Å²) < 4.78 is 15.1. The maximum absolute atomic E-state index is 13.2. The number of imidazole rings is 1.